The Balaban J connectivity index is 2.14. The Morgan fingerprint density at radius 1 is 1.15 bits per heavy atom. The molecule has 0 fully saturated rings. The summed E-state index contributed by atoms with van der Waals surface area (Å²) in [4.78, 5) is 11.6. The van der Waals surface area contributed by atoms with Crippen molar-refractivity contribution in [1.29, 1.82) is 0 Å². The van der Waals surface area contributed by atoms with Crippen molar-refractivity contribution in [2.45, 2.75) is 20.8 Å². The lowest BCUT2D eigenvalue weighted by Crippen LogP contribution is -2.09. The van der Waals surface area contributed by atoms with Crippen LogP contribution in [0.25, 0.3) is 5.69 Å². The van der Waals surface area contributed by atoms with Crippen LogP contribution in [-0.4, -0.2) is 20.9 Å². The summed E-state index contributed by atoms with van der Waals surface area (Å²) in [6, 6.07) is 10.1. The molecule has 0 unspecified atom stereocenters. The molecule has 0 radical (unpaired) electrons. The molecule has 0 aliphatic carbocycles. The highest BCUT2D eigenvalue weighted by Crippen LogP contribution is 2.29. The molecule has 0 atom stereocenters. The smallest absolute Gasteiger partial charge is 0.337 e. The van der Waals surface area contributed by atoms with Crippen molar-refractivity contribution < 1.29 is 14.3 Å². The zero-order valence-electron chi connectivity index (χ0n) is 14.5. The van der Waals surface area contributed by atoms with Gasteiger partial charge in [-0.1, -0.05) is 0 Å². The van der Waals surface area contributed by atoms with E-state index < -0.39 is 11.8 Å². The largest absolute Gasteiger partial charge is 0.478 e. The number of carboxylic acids is 1. The zero-order chi connectivity index (χ0) is 19.0. The average Bonchev–Trinajstić information content (AvgIpc) is 2.89. The van der Waals surface area contributed by atoms with Crippen molar-refractivity contribution in [2.75, 3.05) is 5.32 Å². The highest BCUT2D eigenvalue weighted by atomic mass is 127. The Bertz CT molecular complexity index is 1010. The molecule has 3 rings (SSSR count). The molecular formula is C19H17FIN3O2. The number of aromatic nitrogens is 2. The monoisotopic (exact) mass is 465 g/mol. The summed E-state index contributed by atoms with van der Waals surface area (Å²) in [7, 11) is 0. The Kier molecular flexibility index (Phi) is 4.99. The molecule has 3 aromatic rings. The van der Waals surface area contributed by atoms with Crippen LogP contribution < -0.4 is 5.32 Å². The summed E-state index contributed by atoms with van der Waals surface area (Å²) in [5.41, 5.74) is 3.62. The molecule has 0 bridgehead atoms. The van der Waals surface area contributed by atoms with Gasteiger partial charge in [0.05, 0.1) is 16.9 Å². The quantitative estimate of drug-likeness (QED) is 0.534. The average molecular weight is 465 g/mol. The lowest BCUT2D eigenvalue weighted by molar-refractivity contribution is 0.0697. The van der Waals surface area contributed by atoms with Gasteiger partial charge in [0, 0.05) is 15.0 Å². The van der Waals surface area contributed by atoms with Gasteiger partial charge in [-0.3, -0.25) is 0 Å². The molecule has 0 saturated carbocycles. The lowest BCUT2D eigenvalue weighted by Gasteiger charge is -2.15. The normalized spacial score (nSPS) is 10.8. The molecule has 5 nitrogen and oxygen atoms in total. The van der Waals surface area contributed by atoms with Crippen LogP contribution in [0.3, 0.4) is 0 Å². The van der Waals surface area contributed by atoms with Crippen LogP contribution in [0, 0.1) is 30.2 Å². The summed E-state index contributed by atoms with van der Waals surface area (Å²) in [5.74, 6) is -1.84. The van der Waals surface area contributed by atoms with Gasteiger partial charge in [-0.25, -0.2) is 13.9 Å². The maximum absolute atomic E-state index is 14.6. The Morgan fingerprint density at radius 3 is 2.46 bits per heavy atom. The third kappa shape index (κ3) is 3.57. The number of carboxylic acid groups (broad SMARTS) is 1. The molecule has 0 aliphatic rings. The van der Waals surface area contributed by atoms with Crippen molar-refractivity contribution in [3.8, 4) is 5.69 Å². The Hall–Kier alpha value is -2.42. The predicted molar refractivity (Wildman–Crippen MR) is 107 cm³/mol. The van der Waals surface area contributed by atoms with E-state index in [0.717, 1.165) is 32.3 Å². The van der Waals surface area contributed by atoms with Gasteiger partial charge in [0.25, 0.3) is 0 Å². The minimum atomic E-state index is -1.20. The van der Waals surface area contributed by atoms with Gasteiger partial charge in [0.15, 0.2) is 0 Å². The van der Waals surface area contributed by atoms with Crippen LogP contribution in [0.15, 0.2) is 36.4 Å². The zero-order valence-corrected chi connectivity index (χ0v) is 16.6. The SMILES string of the molecule is Cc1cc(C)n(-c2cc(Nc3ccc(I)cc3C)c(C(=O)O)cc2F)n1. The predicted octanol–water partition coefficient (Wildman–Crippen LogP) is 4.98. The summed E-state index contributed by atoms with van der Waals surface area (Å²) >= 11 is 2.21. The number of anilines is 2. The molecule has 26 heavy (non-hydrogen) atoms. The molecule has 1 heterocycles. The van der Waals surface area contributed by atoms with Gasteiger partial charge in [0.2, 0.25) is 0 Å². The number of nitrogens with zero attached hydrogens (tertiary/aromatic N) is 2. The maximum atomic E-state index is 14.6. The van der Waals surface area contributed by atoms with Gasteiger partial charge in [-0.05, 0) is 85.3 Å². The van der Waals surface area contributed by atoms with E-state index in [0.29, 0.717) is 5.69 Å². The van der Waals surface area contributed by atoms with E-state index in [1.165, 1.54) is 10.7 Å². The number of nitrogens with one attached hydrogen (secondary N) is 1. The molecule has 7 heteroatoms. The molecule has 0 amide bonds. The minimum absolute atomic E-state index is 0.134. The summed E-state index contributed by atoms with van der Waals surface area (Å²) in [6.45, 7) is 5.57. The van der Waals surface area contributed by atoms with E-state index in [1.54, 1.807) is 0 Å². The van der Waals surface area contributed by atoms with Crippen LogP contribution in [0.2, 0.25) is 0 Å². The number of hydrogen-bond acceptors (Lipinski definition) is 3. The van der Waals surface area contributed by atoms with Crippen molar-refractivity contribution in [2.24, 2.45) is 0 Å². The summed E-state index contributed by atoms with van der Waals surface area (Å²) < 4.78 is 17.1. The van der Waals surface area contributed by atoms with E-state index in [2.05, 4.69) is 33.0 Å². The first-order valence-corrected chi connectivity index (χ1v) is 8.98. The molecule has 0 aliphatic heterocycles. The fourth-order valence-electron chi connectivity index (χ4n) is 2.79. The van der Waals surface area contributed by atoms with E-state index in [1.807, 2.05) is 45.0 Å². The minimum Gasteiger partial charge on any atom is -0.478 e. The molecule has 2 aromatic carbocycles. The number of carbonyl (C=O) groups is 1. The maximum Gasteiger partial charge on any atom is 0.337 e. The van der Waals surface area contributed by atoms with Crippen LogP contribution in [-0.2, 0) is 0 Å². The van der Waals surface area contributed by atoms with Crippen molar-refractivity contribution in [1.82, 2.24) is 9.78 Å². The summed E-state index contributed by atoms with van der Waals surface area (Å²) in [6.07, 6.45) is 0. The number of aromatic carboxylic acids is 1. The molecule has 0 saturated heterocycles. The number of halogens is 2. The number of aryl methyl sites for hydroxylation is 3. The first-order valence-electron chi connectivity index (χ1n) is 7.90. The van der Waals surface area contributed by atoms with Crippen molar-refractivity contribution in [3.05, 3.63) is 68.3 Å². The third-order valence-electron chi connectivity index (χ3n) is 4.01. The molecule has 2 N–H and O–H groups in total. The summed E-state index contributed by atoms with van der Waals surface area (Å²) in [5, 5.41) is 16.9. The van der Waals surface area contributed by atoms with E-state index >= 15 is 0 Å². The number of benzene rings is 2. The van der Waals surface area contributed by atoms with Crippen LogP contribution >= 0.6 is 22.6 Å². The van der Waals surface area contributed by atoms with Crippen molar-refractivity contribution >= 4 is 39.9 Å². The Morgan fingerprint density at radius 2 is 1.88 bits per heavy atom. The van der Waals surface area contributed by atoms with Gasteiger partial charge in [-0.15, -0.1) is 0 Å². The fraction of sp³-hybridized carbons (Fsp3) is 0.158. The lowest BCUT2D eigenvalue weighted by atomic mass is 10.1. The second-order valence-corrected chi connectivity index (χ2v) is 7.32. The number of hydrogen-bond donors (Lipinski definition) is 2. The van der Waals surface area contributed by atoms with Crippen LogP contribution in [0.4, 0.5) is 15.8 Å². The first-order chi connectivity index (χ1) is 12.3. The van der Waals surface area contributed by atoms with E-state index in [4.69, 9.17) is 0 Å². The highest BCUT2D eigenvalue weighted by Gasteiger charge is 2.18. The van der Waals surface area contributed by atoms with Crippen LogP contribution in [0.5, 0.6) is 0 Å². The van der Waals surface area contributed by atoms with Gasteiger partial charge >= 0.3 is 5.97 Å². The third-order valence-corrected chi connectivity index (χ3v) is 4.68. The van der Waals surface area contributed by atoms with Gasteiger partial charge in [0.1, 0.15) is 11.5 Å². The molecular weight excluding hydrogens is 448 g/mol. The van der Waals surface area contributed by atoms with E-state index in [9.17, 15) is 14.3 Å². The van der Waals surface area contributed by atoms with Gasteiger partial charge < -0.3 is 10.4 Å². The topological polar surface area (TPSA) is 67.2 Å². The second kappa shape index (κ2) is 7.06. The van der Waals surface area contributed by atoms with E-state index in [-0.39, 0.29) is 11.3 Å². The molecule has 1 aromatic heterocycles. The van der Waals surface area contributed by atoms with Gasteiger partial charge in [-0.2, -0.15) is 5.10 Å². The standard InChI is InChI=1S/C19H17FIN3O2/c1-10-6-13(21)4-5-16(10)22-17-9-18(15(20)8-14(17)19(25)26)24-12(3)7-11(2)23-24/h4-9,22H,1-3H3,(H,25,26). The number of rotatable bonds is 4. The first kappa shape index (κ1) is 18.4. The molecule has 134 valence electrons. The fourth-order valence-corrected chi connectivity index (χ4v) is 3.44. The van der Waals surface area contributed by atoms with Crippen molar-refractivity contribution in [3.63, 3.8) is 0 Å². The second-order valence-electron chi connectivity index (χ2n) is 6.08. The molecule has 0 spiro atoms. The Labute approximate surface area is 164 Å². The van der Waals surface area contributed by atoms with Crippen LogP contribution in [0.1, 0.15) is 27.3 Å². The highest BCUT2D eigenvalue weighted by molar-refractivity contribution is 14.1.